The molecule has 4 rings (SSSR count). The monoisotopic (exact) mass is 350 g/mol. The van der Waals surface area contributed by atoms with E-state index in [1.807, 2.05) is 53.4 Å². The summed E-state index contributed by atoms with van der Waals surface area (Å²) < 4.78 is 5.83. The van der Waals surface area contributed by atoms with Crippen LogP contribution in [0.2, 0.25) is 0 Å². The second kappa shape index (κ2) is 6.83. The predicted octanol–water partition coefficient (Wildman–Crippen LogP) is 2.54. The fraction of sp³-hybridized carbons (Fsp3) is 0.333. The molecule has 2 heterocycles. The number of ether oxygens (including phenoxy) is 1. The molecule has 0 aromatic heterocycles. The first kappa shape index (κ1) is 16.6. The van der Waals surface area contributed by atoms with E-state index in [0.717, 1.165) is 35.7 Å². The number of rotatable bonds is 3. The van der Waals surface area contributed by atoms with Gasteiger partial charge in [0.15, 0.2) is 11.9 Å². The number of nitrogens with zero attached hydrogens (tertiary/aromatic N) is 2. The number of anilines is 1. The molecule has 0 saturated carbocycles. The standard InChI is InChI=1S/C21H22N2O3/c1-15(24)16-6-8-18(9-7-16)22-10-12-23(13-11-22)21(25)20-14-17-4-2-3-5-19(17)26-20/h2-9,20H,10-14H2,1H3/t20-/m0/s1. The lowest BCUT2D eigenvalue weighted by molar-refractivity contribution is -0.138. The minimum absolute atomic E-state index is 0.0736. The Hall–Kier alpha value is -2.82. The minimum Gasteiger partial charge on any atom is -0.480 e. The quantitative estimate of drug-likeness (QED) is 0.799. The summed E-state index contributed by atoms with van der Waals surface area (Å²) in [6, 6.07) is 15.5. The fourth-order valence-electron chi connectivity index (χ4n) is 3.62. The topological polar surface area (TPSA) is 49.9 Å². The molecule has 26 heavy (non-hydrogen) atoms. The molecule has 0 spiro atoms. The number of carbonyl (C=O) groups is 2. The third-order valence-electron chi connectivity index (χ3n) is 5.15. The molecule has 0 bridgehead atoms. The molecule has 1 saturated heterocycles. The summed E-state index contributed by atoms with van der Waals surface area (Å²) in [5.41, 5.74) is 2.92. The van der Waals surface area contributed by atoms with Crippen LogP contribution in [-0.4, -0.2) is 48.9 Å². The Kier molecular flexibility index (Phi) is 4.37. The van der Waals surface area contributed by atoms with Crippen LogP contribution in [0.3, 0.4) is 0 Å². The zero-order chi connectivity index (χ0) is 18.1. The van der Waals surface area contributed by atoms with Crippen LogP contribution in [0.15, 0.2) is 48.5 Å². The Labute approximate surface area is 153 Å². The number of para-hydroxylation sites is 1. The molecule has 1 atom stereocenters. The fourth-order valence-corrected chi connectivity index (χ4v) is 3.62. The van der Waals surface area contributed by atoms with Gasteiger partial charge in [0, 0.05) is 43.9 Å². The van der Waals surface area contributed by atoms with Crippen LogP contribution in [0, 0.1) is 0 Å². The van der Waals surface area contributed by atoms with Crippen LogP contribution in [0.1, 0.15) is 22.8 Å². The number of carbonyl (C=O) groups excluding carboxylic acids is 2. The summed E-state index contributed by atoms with van der Waals surface area (Å²) in [4.78, 5) is 28.3. The molecule has 0 aliphatic carbocycles. The number of piperazine rings is 1. The predicted molar refractivity (Wildman–Crippen MR) is 99.8 cm³/mol. The minimum atomic E-state index is -0.395. The average Bonchev–Trinajstić information content (AvgIpc) is 3.12. The van der Waals surface area contributed by atoms with E-state index in [4.69, 9.17) is 4.74 Å². The van der Waals surface area contributed by atoms with Gasteiger partial charge in [-0.25, -0.2) is 0 Å². The highest BCUT2D eigenvalue weighted by atomic mass is 16.5. The van der Waals surface area contributed by atoms with E-state index >= 15 is 0 Å². The number of amides is 1. The first-order valence-corrected chi connectivity index (χ1v) is 9.01. The summed E-state index contributed by atoms with van der Waals surface area (Å²) >= 11 is 0. The average molecular weight is 350 g/mol. The molecular formula is C21H22N2O3. The van der Waals surface area contributed by atoms with Crippen molar-refractivity contribution >= 4 is 17.4 Å². The first-order chi connectivity index (χ1) is 12.6. The van der Waals surface area contributed by atoms with Crippen molar-refractivity contribution in [2.75, 3.05) is 31.1 Å². The molecule has 2 aliphatic rings. The van der Waals surface area contributed by atoms with Crippen molar-refractivity contribution in [3.63, 3.8) is 0 Å². The smallest absolute Gasteiger partial charge is 0.264 e. The first-order valence-electron chi connectivity index (χ1n) is 9.01. The zero-order valence-electron chi connectivity index (χ0n) is 14.9. The second-order valence-corrected chi connectivity index (χ2v) is 6.83. The Balaban J connectivity index is 1.35. The van der Waals surface area contributed by atoms with Gasteiger partial charge in [-0.15, -0.1) is 0 Å². The van der Waals surface area contributed by atoms with E-state index in [1.165, 1.54) is 0 Å². The molecule has 1 amide bonds. The summed E-state index contributed by atoms with van der Waals surface area (Å²) in [6.45, 7) is 4.51. The molecule has 0 unspecified atom stereocenters. The van der Waals surface area contributed by atoms with Gasteiger partial charge < -0.3 is 14.5 Å². The van der Waals surface area contributed by atoms with Crippen molar-refractivity contribution in [2.24, 2.45) is 0 Å². The van der Waals surface area contributed by atoms with Gasteiger partial charge in [-0.3, -0.25) is 9.59 Å². The number of hydrogen-bond donors (Lipinski definition) is 0. The van der Waals surface area contributed by atoms with Crippen LogP contribution < -0.4 is 9.64 Å². The lowest BCUT2D eigenvalue weighted by atomic mass is 10.1. The lowest BCUT2D eigenvalue weighted by Crippen LogP contribution is -2.52. The van der Waals surface area contributed by atoms with E-state index in [1.54, 1.807) is 6.92 Å². The van der Waals surface area contributed by atoms with Gasteiger partial charge in [-0.2, -0.15) is 0 Å². The number of hydrogen-bond acceptors (Lipinski definition) is 4. The second-order valence-electron chi connectivity index (χ2n) is 6.83. The third-order valence-corrected chi connectivity index (χ3v) is 5.15. The van der Waals surface area contributed by atoms with Crippen LogP contribution in [0.5, 0.6) is 5.75 Å². The number of fused-ring (bicyclic) bond motifs is 1. The normalized spacial score (nSPS) is 19.0. The van der Waals surface area contributed by atoms with Gasteiger partial charge in [-0.1, -0.05) is 18.2 Å². The van der Waals surface area contributed by atoms with Crippen molar-refractivity contribution in [3.8, 4) is 5.75 Å². The van der Waals surface area contributed by atoms with E-state index in [0.29, 0.717) is 19.5 Å². The Morgan fingerprint density at radius 2 is 1.65 bits per heavy atom. The summed E-state index contributed by atoms with van der Waals surface area (Å²) in [7, 11) is 0. The largest absolute Gasteiger partial charge is 0.480 e. The van der Waals surface area contributed by atoms with Crippen molar-refractivity contribution < 1.29 is 14.3 Å². The van der Waals surface area contributed by atoms with Crippen LogP contribution in [0.4, 0.5) is 5.69 Å². The Morgan fingerprint density at radius 1 is 0.962 bits per heavy atom. The molecule has 5 nitrogen and oxygen atoms in total. The Morgan fingerprint density at radius 3 is 2.31 bits per heavy atom. The van der Waals surface area contributed by atoms with Gasteiger partial charge >= 0.3 is 0 Å². The van der Waals surface area contributed by atoms with E-state index in [-0.39, 0.29) is 11.7 Å². The van der Waals surface area contributed by atoms with Crippen molar-refractivity contribution in [1.82, 2.24) is 4.90 Å². The number of benzene rings is 2. The molecule has 0 N–H and O–H groups in total. The molecule has 2 aliphatic heterocycles. The SMILES string of the molecule is CC(=O)c1ccc(N2CCN(C(=O)[C@@H]3Cc4ccccc4O3)CC2)cc1. The van der Waals surface area contributed by atoms with Crippen molar-refractivity contribution in [3.05, 3.63) is 59.7 Å². The zero-order valence-corrected chi connectivity index (χ0v) is 14.9. The molecular weight excluding hydrogens is 328 g/mol. The van der Waals surface area contributed by atoms with E-state index < -0.39 is 6.10 Å². The summed E-state index contributed by atoms with van der Waals surface area (Å²) in [5, 5.41) is 0. The van der Waals surface area contributed by atoms with Gasteiger partial charge in [0.25, 0.3) is 5.91 Å². The molecule has 1 fully saturated rings. The highest BCUT2D eigenvalue weighted by Gasteiger charge is 2.33. The molecule has 2 aromatic carbocycles. The van der Waals surface area contributed by atoms with Crippen LogP contribution in [-0.2, 0) is 11.2 Å². The van der Waals surface area contributed by atoms with Crippen LogP contribution >= 0.6 is 0 Å². The maximum absolute atomic E-state index is 12.8. The van der Waals surface area contributed by atoms with Gasteiger partial charge in [0.1, 0.15) is 5.75 Å². The van der Waals surface area contributed by atoms with Gasteiger partial charge in [0.05, 0.1) is 0 Å². The number of Topliss-reactive ketones (excluding diaryl/α,β-unsaturated/α-hetero) is 1. The van der Waals surface area contributed by atoms with Crippen molar-refractivity contribution in [1.29, 1.82) is 0 Å². The number of ketones is 1. The van der Waals surface area contributed by atoms with Crippen molar-refractivity contribution in [2.45, 2.75) is 19.4 Å². The molecule has 134 valence electrons. The molecule has 2 aromatic rings. The summed E-state index contributed by atoms with van der Waals surface area (Å²) in [5.74, 6) is 0.979. The third kappa shape index (κ3) is 3.17. The van der Waals surface area contributed by atoms with Crippen LogP contribution in [0.25, 0.3) is 0 Å². The maximum Gasteiger partial charge on any atom is 0.264 e. The van der Waals surface area contributed by atoms with E-state index in [9.17, 15) is 9.59 Å². The molecule has 5 heteroatoms. The lowest BCUT2D eigenvalue weighted by Gasteiger charge is -2.37. The summed E-state index contributed by atoms with van der Waals surface area (Å²) in [6.07, 6.45) is 0.260. The highest BCUT2D eigenvalue weighted by Crippen LogP contribution is 2.29. The highest BCUT2D eigenvalue weighted by molar-refractivity contribution is 5.94. The maximum atomic E-state index is 12.8. The Bertz CT molecular complexity index is 798. The van der Waals surface area contributed by atoms with E-state index in [2.05, 4.69) is 4.90 Å². The van der Waals surface area contributed by atoms with Gasteiger partial charge in [0.2, 0.25) is 0 Å². The van der Waals surface area contributed by atoms with Gasteiger partial charge in [-0.05, 0) is 42.8 Å². The molecule has 0 radical (unpaired) electrons.